The Hall–Kier alpha value is -4.13. The molecule has 2 N–H and O–H groups in total. The molecule has 0 spiro atoms. The number of rotatable bonds is 5. The molecule has 0 fully saturated rings. The third kappa shape index (κ3) is 4.49. The molecular formula is C22H15F4N7OS. The number of hydrogen-bond donors (Lipinski definition) is 2. The number of alkyl halides is 3. The average molecular weight is 501 g/mol. The second kappa shape index (κ2) is 8.58. The van der Waals surface area contributed by atoms with Gasteiger partial charge >= 0.3 is 6.18 Å². The van der Waals surface area contributed by atoms with Gasteiger partial charge in [-0.1, -0.05) is 12.1 Å². The van der Waals surface area contributed by atoms with Gasteiger partial charge in [0.2, 0.25) is 0 Å². The van der Waals surface area contributed by atoms with Crippen LogP contribution in [0.3, 0.4) is 0 Å². The number of H-pyrrole nitrogens is 1. The quantitative estimate of drug-likeness (QED) is 0.344. The largest absolute Gasteiger partial charge is 0.443 e. The van der Waals surface area contributed by atoms with Crippen LogP contribution in [0.1, 0.15) is 21.1 Å². The van der Waals surface area contributed by atoms with Crippen LogP contribution in [0.15, 0.2) is 48.2 Å². The fourth-order valence-electron chi connectivity index (χ4n) is 3.46. The zero-order valence-electron chi connectivity index (χ0n) is 17.9. The number of aromatic nitrogens is 6. The first kappa shape index (κ1) is 22.7. The Kier molecular flexibility index (Phi) is 5.55. The molecule has 35 heavy (non-hydrogen) atoms. The molecule has 0 saturated carbocycles. The summed E-state index contributed by atoms with van der Waals surface area (Å²) in [4.78, 5) is 27.4. The van der Waals surface area contributed by atoms with Crippen molar-refractivity contribution >= 4 is 28.4 Å². The van der Waals surface area contributed by atoms with Crippen molar-refractivity contribution in [2.24, 2.45) is 7.05 Å². The van der Waals surface area contributed by atoms with Gasteiger partial charge in [0.05, 0.1) is 17.3 Å². The standard InChI is InChI=1S/C22H15F4N7OS/c1-33-9-13(8-29-33)18-31-17-14(4-5-27-19(17)32-18)11-2-3-12(15(23)6-11)7-28-20(34)16-10-35-21(30-16)22(24,25)26/h2-6,8-10H,7H2,1H3,(H,28,34)(H,27,31,32). The van der Waals surface area contributed by atoms with Crippen LogP contribution in [0.5, 0.6) is 0 Å². The lowest BCUT2D eigenvalue weighted by Crippen LogP contribution is -2.24. The number of pyridine rings is 1. The lowest BCUT2D eigenvalue weighted by atomic mass is 10.0. The summed E-state index contributed by atoms with van der Waals surface area (Å²) in [5.41, 5.74) is 2.88. The number of carbonyl (C=O) groups excluding carboxylic acids is 1. The molecule has 5 rings (SSSR count). The number of halogens is 4. The van der Waals surface area contributed by atoms with Crippen molar-refractivity contribution in [3.63, 3.8) is 0 Å². The number of nitrogens with one attached hydrogen (secondary N) is 2. The van der Waals surface area contributed by atoms with Crippen LogP contribution in [0.4, 0.5) is 17.6 Å². The van der Waals surface area contributed by atoms with E-state index in [1.807, 2.05) is 0 Å². The van der Waals surface area contributed by atoms with E-state index in [1.165, 1.54) is 12.1 Å². The van der Waals surface area contributed by atoms with Gasteiger partial charge in [-0.15, -0.1) is 11.3 Å². The lowest BCUT2D eigenvalue weighted by molar-refractivity contribution is -0.137. The molecule has 0 unspecified atom stereocenters. The molecule has 0 saturated heterocycles. The first-order valence-electron chi connectivity index (χ1n) is 10.1. The van der Waals surface area contributed by atoms with E-state index < -0.39 is 22.9 Å². The minimum Gasteiger partial charge on any atom is -0.346 e. The third-order valence-corrected chi connectivity index (χ3v) is 6.04. The van der Waals surface area contributed by atoms with Crippen molar-refractivity contribution in [2.75, 3.05) is 0 Å². The molecule has 0 aliphatic heterocycles. The second-order valence-corrected chi connectivity index (χ2v) is 8.43. The predicted molar refractivity (Wildman–Crippen MR) is 120 cm³/mol. The van der Waals surface area contributed by atoms with Crippen molar-refractivity contribution < 1.29 is 22.4 Å². The van der Waals surface area contributed by atoms with E-state index in [-0.39, 0.29) is 17.8 Å². The molecule has 0 atom stereocenters. The molecule has 8 nitrogen and oxygen atoms in total. The Labute approximate surface area is 198 Å². The number of aryl methyl sites for hydroxylation is 1. The topological polar surface area (TPSA) is 101 Å². The van der Waals surface area contributed by atoms with Gasteiger partial charge in [0.15, 0.2) is 10.7 Å². The van der Waals surface area contributed by atoms with Crippen LogP contribution < -0.4 is 5.32 Å². The number of imidazole rings is 1. The van der Waals surface area contributed by atoms with E-state index in [0.717, 1.165) is 10.9 Å². The number of fused-ring (bicyclic) bond motifs is 1. The fourth-order valence-corrected chi connectivity index (χ4v) is 4.13. The zero-order valence-corrected chi connectivity index (χ0v) is 18.7. The predicted octanol–water partition coefficient (Wildman–Crippen LogP) is 4.57. The zero-order chi connectivity index (χ0) is 24.7. The van der Waals surface area contributed by atoms with Gasteiger partial charge in [-0.25, -0.2) is 19.3 Å². The Balaban J connectivity index is 1.36. The minimum atomic E-state index is -4.63. The van der Waals surface area contributed by atoms with E-state index >= 15 is 0 Å². The summed E-state index contributed by atoms with van der Waals surface area (Å²) in [6.07, 6.45) is 0.406. The van der Waals surface area contributed by atoms with E-state index in [2.05, 4.69) is 30.4 Å². The Morgan fingerprint density at radius 1 is 1.20 bits per heavy atom. The van der Waals surface area contributed by atoms with Crippen LogP contribution in [-0.4, -0.2) is 35.6 Å². The maximum Gasteiger partial charge on any atom is 0.443 e. The van der Waals surface area contributed by atoms with E-state index in [0.29, 0.717) is 39.5 Å². The number of benzene rings is 1. The smallest absolute Gasteiger partial charge is 0.346 e. The first-order chi connectivity index (χ1) is 16.7. The monoisotopic (exact) mass is 501 g/mol. The number of amides is 1. The van der Waals surface area contributed by atoms with Gasteiger partial charge in [0, 0.05) is 42.5 Å². The maximum atomic E-state index is 14.9. The third-order valence-electron chi connectivity index (χ3n) is 5.15. The summed E-state index contributed by atoms with van der Waals surface area (Å²) >= 11 is 0.323. The Morgan fingerprint density at radius 3 is 2.71 bits per heavy atom. The normalized spacial score (nSPS) is 11.8. The molecule has 4 heterocycles. The van der Waals surface area contributed by atoms with Gasteiger partial charge in [-0.2, -0.15) is 18.3 Å². The van der Waals surface area contributed by atoms with Gasteiger partial charge in [0.25, 0.3) is 5.91 Å². The number of nitrogens with zero attached hydrogens (tertiary/aromatic N) is 5. The molecule has 0 aliphatic carbocycles. The summed E-state index contributed by atoms with van der Waals surface area (Å²) < 4.78 is 54.6. The van der Waals surface area contributed by atoms with E-state index in [4.69, 9.17) is 0 Å². The van der Waals surface area contributed by atoms with Crippen LogP contribution in [0.25, 0.3) is 33.7 Å². The number of carbonyl (C=O) groups is 1. The molecule has 0 radical (unpaired) electrons. The van der Waals surface area contributed by atoms with Crippen molar-refractivity contribution in [1.82, 2.24) is 35.0 Å². The number of hydrogen-bond acceptors (Lipinski definition) is 6. The van der Waals surface area contributed by atoms with Crippen LogP contribution >= 0.6 is 11.3 Å². The van der Waals surface area contributed by atoms with E-state index in [9.17, 15) is 22.4 Å². The second-order valence-electron chi connectivity index (χ2n) is 7.57. The van der Waals surface area contributed by atoms with Crippen molar-refractivity contribution in [1.29, 1.82) is 0 Å². The van der Waals surface area contributed by atoms with Gasteiger partial charge in [0.1, 0.15) is 17.3 Å². The lowest BCUT2D eigenvalue weighted by Gasteiger charge is -2.08. The average Bonchev–Trinajstić information content (AvgIpc) is 3.56. The SMILES string of the molecule is Cn1cc(-c2nc3nccc(-c4ccc(CNC(=O)c5csc(C(F)(F)F)n5)c(F)c4)c3[nH]2)cn1. The van der Waals surface area contributed by atoms with Crippen LogP contribution in [0, 0.1) is 5.82 Å². The van der Waals surface area contributed by atoms with Crippen LogP contribution in [0.2, 0.25) is 0 Å². The highest BCUT2D eigenvalue weighted by Gasteiger charge is 2.35. The summed E-state index contributed by atoms with van der Waals surface area (Å²) in [5.74, 6) is -0.839. The summed E-state index contributed by atoms with van der Waals surface area (Å²) in [7, 11) is 1.79. The van der Waals surface area contributed by atoms with Crippen molar-refractivity contribution in [2.45, 2.75) is 12.7 Å². The highest BCUT2D eigenvalue weighted by molar-refractivity contribution is 7.09. The van der Waals surface area contributed by atoms with Crippen molar-refractivity contribution in [3.8, 4) is 22.5 Å². The Bertz CT molecular complexity index is 1550. The summed E-state index contributed by atoms with van der Waals surface area (Å²) in [6.45, 7) is -0.217. The molecule has 1 aromatic carbocycles. The molecule has 0 aliphatic rings. The summed E-state index contributed by atoms with van der Waals surface area (Å²) in [5, 5.41) is 6.42. The molecule has 178 valence electrons. The Morgan fingerprint density at radius 2 is 2.03 bits per heavy atom. The minimum absolute atomic E-state index is 0.166. The molecule has 0 bridgehead atoms. The molecule has 5 aromatic rings. The van der Waals surface area contributed by atoms with E-state index in [1.54, 1.807) is 42.5 Å². The fraction of sp³-hybridized carbons (Fsp3) is 0.136. The van der Waals surface area contributed by atoms with Crippen molar-refractivity contribution in [3.05, 3.63) is 70.3 Å². The van der Waals surface area contributed by atoms with Gasteiger partial charge in [-0.05, 0) is 17.7 Å². The molecule has 1 amide bonds. The first-order valence-corrected chi connectivity index (χ1v) is 11.0. The summed E-state index contributed by atoms with van der Waals surface area (Å²) in [6, 6.07) is 6.21. The van der Waals surface area contributed by atoms with Gasteiger partial charge in [-0.3, -0.25) is 9.48 Å². The molecule has 13 heteroatoms. The maximum absolute atomic E-state index is 14.9. The highest BCUT2D eigenvalue weighted by atomic mass is 32.1. The number of aromatic amines is 1. The molecule has 4 aromatic heterocycles. The highest BCUT2D eigenvalue weighted by Crippen LogP contribution is 2.32. The van der Waals surface area contributed by atoms with Gasteiger partial charge < -0.3 is 10.3 Å². The number of thiazole rings is 1. The van der Waals surface area contributed by atoms with Crippen LogP contribution in [-0.2, 0) is 19.8 Å². The molecular weight excluding hydrogens is 486 g/mol.